The van der Waals surface area contributed by atoms with Crippen molar-refractivity contribution >= 4 is 27.8 Å². The van der Waals surface area contributed by atoms with Gasteiger partial charge in [0, 0.05) is 26.6 Å². The van der Waals surface area contributed by atoms with Gasteiger partial charge in [-0.05, 0) is 25.8 Å². The maximum Gasteiger partial charge on any atom is 0.171 e. The van der Waals surface area contributed by atoms with Crippen LogP contribution in [0.3, 0.4) is 0 Å². The van der Waals surface area contributed by atoms with Crippen LogP contribution in [-0.2, 0) is 4.74 Å². The highest BCUT2D eigenvalue weighted by molar-refractivity contribution is 7.18. The first kappa shape index (κ1) is 13.4. The molecular formula is C13H20N2O2S. The van der Waals surface area contributed by atoms with E-state index in [-0.39, 0.29) is 5.78 Å². The zero-order valence-corrected chi connectivity index (χ0v) is 11.8. The Morgan fingerprint density at radius 1 is 1.56 bits per heavy atom. The normalized spacial score (nSPS) is 17.1. The summed E-state index contributed by atoms with van der Waals surface area (Å²) < 4.78 is 5.63. The molecule has 0 amide bonds. The number of thiophene rings is 1. The van der Waals surface area contributed by atoms with Gasteiger partial charge in [-0.2, -0.15) is 0 Å². The number of nitrogens with zero attached hydrogens (tertiary/aromatic N) is 1. The number of ether oxygens (including phenoxy) is 1. The summed E-state index contributed by atoms with van der Waals surface area (Å²) in [5, 5.41) is 1.10. The van der Waals surface area contributed by atoms with Crippen molar-refractivity contribution in [2.24, 2.45) is 0 Å². The molecule has 0 saturated carbocycles. The zero-order valence-electron chi connectivity index (χ0n) is 10.9. The zero-order chi connectivity index (χ0) is 13.1. The Kier molecular flexibility index (Phi) is 4.24. The molecule has 2 N–H and O–H groups in total. The number of hydrogen-bond acceptors (Lipinski definition) is 5. The molecule has 4 nitrogen and oxygen atoms in total. The van der Waals surface area contributed by atoms with Crippen molar-refractivity contribution in [1.82, 2.24) is 0 Å². The van der Waals surface area contributed by atoms with Crippen LogP contribution in [0.25, 0.3) is 0 Å². The van der Waals surface area contributed by atoms with Crippen molar-refractivity contribution in [2.45, 2.75) is 32.8 Å². The summed E-state index contributed by atoms with van der Waals surface area (Å²) in [4.78, 5) is 14.4. The van der Waals surface area contributed by atoms with Gasteiger partial charge in [-0.3, -0.25) is 4.79 Å². The van der Waals surface area contributed by atoms with E-state index in [1.807, 2.05) is 13.0 Å². The molecule has 1 aromatic rings. The second-order valence-electron chi connectivity index (χ2n) is 4.57. The number of carbonyl (C=O) groups excluding carboxylic acids is 1. The Balaban J connectivity index is 2.01. The standard InChI is InChI=1S/C13H20N2O2S/c1-3-17-10-4-6-15(7-5-10)12-8-11(14)13(18-12)9(2)16/h8,10H,3-7,14H2,1-2H3. The highest BCUT2D eigenvalue weighted by atomic mass is 32.1. The minimum atomic E-state index is 0.0490. The van der Waals surface area contributed by atoms with Crippen molar-refractivity contribution in [2.75, 3.05) is 30.3 Å². The Morgan fingerprint density at radius 3 is 2.72 bits per heavy atom. The number of Topliss-reactive ketones (excluding diaryl/α,β-unsaturated/α-hetero) is 1. The summed E-state index contributed by atoms with van der Waals surface area (Å²) in [6.07, 6.45) is 2.47. The molecular weight excluding hydrogens is 248 g/mol. The van der Waals surface area contributed by atoms with Gasteiger partial charge in [0.05, 0.1) is 21.7 Å². The number of carbonyl (C=O) groups is 1. The predicted molar refractivity (Wildman–Crippen MR) is 75.6 cm³/mol. The van der Waals surface area contributed by atoms with E-state index in [1.54, 1.807) is 6.92 Å². The molecule has 1 fully saturated rings. The first-order chi connectivity index (χ1) is 8.61. The fraction of sp³-hybridized carbons (Fsp3) is 0.615. The summed E-state index contributed by atoms with van der Waals surface area (Å²) in [6, 6.07) is 1.92. The van der Waals surface area contributed by atoms with Crippen LogP contribution >= 0.6 is 11.3 Å². The lowest BCUT2D eigenvalue weighted by Gasteiger charge is -2.32. The van der Waals surface area contributed by atoms with Gasteiger partial charge in [-0.15, -0.1) is 11.3 Å². The van der Waals surface area contributed by atoms with Gasteiger partial charge < -0.3 is 15.4 Å². The van der Waals surface area contributed by atoms with Crippen LogP contribution in [0.2, 0.25) is 0 Å². The third kappa shape index (κ3) is 2.84. The highest BCUT2D eigenvalue weighted by Gasteiger charge is 2.22. The minimum absolute atomic E-state index is 0.0490. The van der Waals surface area contributed by atoms with Gasteiger partial charge in [-0.1, -0.05) is 0 Å². The van der Waals surface area contributed by atoms with E-state index in [4.69, 9.17) is 10.5 Å². The highest BCUT2D eigenvalue weighted by Crippen LogP contribution is 2.34. The maximum absolute atomic E-state index is 11.4. The van der Waals surface area contributed by atoms with Gasteiger partial charge in [0.25, 0.3) is 0 Å². The van der Waals surface area contributed by atoms with Crippen LogP contribution < -0.4 is 10.6 Å². The molecule has 1 aliphatic heterocycles. The number of hydrogen-bond donors (Lipinski definition) is 1. The van der Waals surface area contributed by atoms with E-state index < -0.39 is 0 Å². The lowest BCUT2D eigenvalue weighted by molar-refractivity contribution is 0.0460. The van der Waals surface area contributed by atoms with Crippen molar-refractivity contribution in [3.8, 4) is 0 Å². The van der Waals surface area contributed by atoms with E-state index in [2.05, 4.69) is 4.90 Å². The Labute approximate surface area is 112 Å². The molecule has 0 aromatic carbocycles. The summed E-state index contributed by atoms with van der Waals surface area (Å²) in [6.45, 7) is 6.33. The fourth-order valence-corrected chi connectivity index (χ4v) is 3.33. The number of nitrogen functional groups attached to an aromatic ring is 1. The summed E-state index contributed by atoms with van der Waals surface area (Å²) in [5.74, 6) is 0.0490. The molecule has 0 spiro atoms. The molecule has 5 heteroatoms. The van der Waals surface area contributed by atoms with E-state index >= 15 is 0 Å². The molecule has 1 aromatic heterocycles. The van der Waals surface area contributed by atoms with Crippen LogP contribution in [-0.4, -0.2) is 31.6 Å². The average Bonchev–Trinajstić information content (AvgIpc) is 2.73. The Bertz CT molecular complexity index is 423. The molecule has 0 radical (unpaired) electrons. The van der Waals surface area contributed by atoms with E-state index in [0.717, 1.165) is 37.5 Å². The smallest absolute Gasteiger partial charge is 0.171 e. The van der Waals surface area contributed by atoms with Crippen LogP contribution in [0.1, 0.15) is 36.4 Å². The number of nitrogens with two attached hydrogens (primary N) is 1. The maximum atomic E-state index is 11.4. The lowest BCUT2D eigenvalue weighted by Crippen LogP contribution is -2.36. The van der Waals surface area contributed by atoms with Gasteiger partial charge in [0.1, 0.15) is 0 Å². The number of rotatable bonds is 4. The Hall–Kier alpha value is -1.07. The van der Waals surface area contributed by atoms with Crippen LogP contribution in [0, 0.1) is 0 Å². The van der Waals surface area contributed by atoms with Crippen molar-refractivity contribution < 1.29 is 9.53 Å². The van der Waals surface area contributed by atoms with Gasteiger partial charge >= 0.3 is 0 Å². The van der Waals surface area contributed by atoms with E-state index in [1.165, 1.54) is 11.3 Å². The molecule has 1 aliphatic rings. The second-order valence-corrected chi connectivity index (χ2v) is 5.60. The summed E-state index contributed by atoms with van der Waals surface area (Å²) >= 11 is 1.50. The summed E-state index contributed by atoms with van der Waals surface area (Å²) in [7, 11) is 0. The first-order valence-electron chi connectivity index (χ1n) is 6.38. The molecule has 2 rings (SSSR count). The van der Waals surface area contributed by atoms with Gasteiger partial charge in [0.2, 0.25) is 0 Å². The Morgan fingerprint density at radius 2 is 2.22 bits per heavy atom. The molecule has 0 atom stereocenters. The van der Waals surface area contributed by atoms with Crippen molar-refractivity contribution in [1.29, 1.82) is 0 Å². The third-order valence-corrected chi connectivity index (χ3v) is 4.54. The van der Waals surface area contributed by atoms with Crippen molar-refractivity contribution in [3.63, 3.8) is 0 Å². The second kappa shape index (κ2) is 5.71. The molecule has 0 aliphatic carbocycles. The average molecular weight is 268 g/mol. The molecule has 1 saturated heterocycles. The monoisotopic (exact) mass is 268 g/mol. The third-order valence-electron chi connectivity index (χ3n) is 3.22. The molecule has 18 heavy (non-hydrogen) atoms. The predicted octanol–water partition coefficient (Wildman–Crippen LogP) is 2.54. The number of piperidine rings is 1. The first-order valence-corrected chi connectivity index (χ1v) is 7.20. The summed E-state index contributed by atoms with van der Waals surface area (Å²) in [5.41, 5.74) is 6.47. The van der Waals surface area contributed by atoms with Crippen molar-refractivity contribution in [3.05, 3.63) is 10.9 Å². The van der Waals surface area contributed by atoms with E-state index in [9.17, 15) is 4.79 Å². The number of ketones is 1. The molecule has 2 heterocycles. The van der Waals surface area contributed by atoms with Crippen LogP contribution in [0.15, 0.2) is 6.07 Å². The topological polar surface area (TPSA) is 55.6 Å². The van der Waals surface area contributed by atoms with Gasteiger partial charge in [0.15, 0.2) is 5.78 Å². The lowest BCUT2D eigenvalue weighted by atomic mass is 10.1. The molecule has 100 valence electrons. The van der Waals surface area contributed by atoms with Crippen LogP contribution in [0.4, 0.5) is 10.7 Å². The largest absolute Gasteiger partial charge is 0.397 e. The quantitative estimate of drug-likeness (QED) is 0.853. The van der Waals surface area contributed by atoms with Crippen LogP contribution in [0.5, 0.6) is 0 Å². The fourth-order valence-electron chi connectivity index (χ4n) is 2.30. The molecule has 0 bridgehead atoms. The van der Waals surface area contributed by atoms with E-state index in [0.29, 0.717) is 16.7 Å². The minimum Gasteiger partial charge on any atom is -0.397 e. The molecule has 0 unspecified atom stereocenters. The van der Waals surface area contributed by atoms with Gasteiger partial charge in [-0.25, -0.2) is 0 Å². The number of anilines is 2. The SMILES string of the molecule is CCOC1CCN(c2cc(N)c(C(C)=O)s2)CC1.